The van der Waals surface area contributed by atoms with Crippen LogP contribution in [-0.4, -0.2) is 25.0 Å². The molecule has 0 saturated carbocycles. The van der Waals surface area contributed by atoms with Crippen LogP contribution < -0.4 is 0 Å². The third-order valence-electron chi connectivity index (χ3n) is 6.78. The van der Waals surface area contributed by atoms with Gasteiger partial charge in [-0.3, -0.25) is 9.97 Å². The topological polar surface area (TPSA) is 71.8 Å². The number of halogens is 4. The molecule has 2 heterocycles. The molecule has 214 valence electrons. The fraction of sp³-hybridized carbons (Fsp3) is 0.0588. The van der Waals surface area contributed by atoms with Gasteiger partial charge in [0.2, 0.25) is 0 Å². The van der Waals surface area contributed by atoms with Gasteiger partial charge in [-0.05, 0) is 70.8 Å². The van der Waals surface area contributed by atoms with Crippen molar-refractivity contribution in [3.63, 3.8) is 0 Å². The molecule has 0 aliphatic rings. The van der Waals surface area contributed by atoms with E-state index in [0.29, 0.717) is 26.9 Å². The highest BCUT2D eigenvalue weighted by atomic mass is 35.5. The van der Waals surface area contributed by atoms with Crippen LogP contribution in [0.3, 0.4) is 0 Å². The van der Waals surface area contributed by atoms with E-state index < -0.39 is 5.60 Å². The van der Waals surface area contributed by atoms with E-state index in [9.17, 15) is 5.11 Å². The van der Waals surface area contributed by atoms with Crippen molar-refractivity contribution in [3.05, 3.63) is 188 Å². The Balaban J connectivity index is 0.000000171. The number of hydrogen-bond acceptors (Lipinski definition) is 5. The summed E-state index contributed by atoms with van der Waals surface area (Å²) in [7, 11) is 0. The Bertz CT molecular complexity index is 1650. The molecule has 0 fully saturated rings. The van der Waals surface area contributed by atoms with Crippen LogP contribution >= 0.6 is 46.4 Å². The predicted octanol–water partition coefficient (Wildman–Crippen LogP) is 9.03. The molecule has 1 N–H and O–H groups in total. The van der Waals surface area contributed by atoms with Crippen LogP contribution in [0.25, 0.3) is 0 Å². The Kier molecular flexibility index (Phi) is 10.0. The Labute approximate surface area is 269 Å². The Morgan fingerprint density at radius 1 is 0.488 bits per heavy atom. The molecule has 6 aromatic rings. The zero-order valence-corrected chi connectivity index (χ0v) is 25.6. The summed E-state index contributed by atoms with van der Waals surface area (Å²) in [5.74, 6) is 0.0562. The highest BCUT2D eigenvalue weighted by molar-refractivity contribution is 6.31. The molecule has 9 heteroatoms. The normalized spacial score (nSPS) is 11.1. The van der Waals surface area contributed by atoms with Gasteiger partial charge in [-0.2, -0.15) is 0 Å². The van der Waals surface area contributed by atoms with Gasteiger partial charge in [-0.1, -0.05) is 94.9 Å². The van der Waals surface area contributed by atoms with E-state index in [4.69, 9.17) is 46.4 Å². The van der Waals surface area contributed by atoms with Crippen LogP contribution in [0.4, 0.5) is 0 Å². The van der Waals surface area contributed by atoms with E-state index in [0.717, 1.165) is 26.7 Å². The molecule has 43 heavy (non-hydrogen) atoms. The summed E-state index contributed by atoms with van der Waals surface area (Å²) in [4.78, 5) is 16.6. The molecule has 0 spiro atoms. The SMILES string of the molecule is Clc1ccc(C(c2ccc(Cl)cc2)c2cncnc2)cc1.OC(c1ccc(Cl)cc1)(c1ccc(Cl)cc1)c1cnccn1. The molecule has 0 radical (unpaired) electrons. The maximum absolute atomic E-state index is 11.4. The number of nitrogens with zero attached hydrogens (tertiary/aromatic N) is 4. The monoisotopic (exact) mass is 644 g/mol. The van der Waals surface area contributed by atoms with Crippen molar-refractivity contribution in [2.24, 2.45) is 0 Å². The van der Waals surface area contributed by atoms with Crippen LogP contribution in [0.1, 0.15) is 39.4 Å². The summed E-state index contributed by atoms with van der Waals surface area (Å²) in [5, 5.41) is 14.1. The molecule has 0 aliphatic carbocycles. The van der Waals surface area contributed by atoms with E-state index in [1.165, 1.54) is 6.33 Å². The smallest absolute Gasteiger partial charge is 0.158 e. The third kappa shape index (κ3) is 7.39. The van der Waals surface area contributed by atoms with Crippen molar-refractivity contribution in [2.75, 3.05) is 0 Å². The predicted molar refractivity (Wildman–Crippen MR) is 173 cm³/mol. The van der Waals surface area contributed by atoms with Gasteiger partial charge in [-0.15, -0.1) is 0 Å². The second kappa shape index (κ2) is 14.1. The number of benzene rings is 4. The summed E-state index contributed by atoms with van der Waals surface area (Å²) < 4.78 is 0. The second-order valence-corrected chi connectivity index (χ2v) is 11.3. The first-order chi connectivity index (χ1) is 20.8. The van der Waals surface area contributed by atoms with Crippen molar-refractivity contribution in [3.8, 4) is 0 Å². The van der Waals surface area contributed by atoms with Crippen LogP contribution in [0.15, 0.2) is 134 Å². The quantitative estimate of drug-likeness (QED) is 0.196. The standard InChI is InChI=1S/C17H12Cl2N2O.C17H12Cl2N2/c18-14-5-1-12(2-6-14)17(22,16-11-20-9-10-21-16)13-3-7-15(19)8-4-13;18-15-5-1-12(2-6-15)17(14-9-20-11-21-10-14)13-3-7-16(19)8-4-13/h1-11,22H;1-11,17H. The molecule has 6 rings (SSSR count). The number of aliphatic hydroxyl groups is 1. The summed E-state index contributed by atoms with van der Waals surface area (Å²) >= 11 is 23.9. The first-order valence-corrected chi connectivity index (χ1v) is 14.6. The zero-order chi connectivity index (χ0) is 30.2. The molecule has 0 unspecified atom stereocenters. The summed E-state index contributed by atoms with van der Waals surface area (Å²) in [5.41, 5.74) is 3.61. The second-order valence-electron chi connectivity index (χ2n) is 9.52. The highest BCUT2D eigenvalue weighted by Gasteiger charge is 2.35. The Hall–Kier alpha value is -3.84. The van der Waals surface area contributed by atoms with Crippen LogP contribution in [0.2, 0.25) is 20.1 Å². The molecule has 0 saturated heterocycles. The van der Waals surface area contributed by atoms with E-state index in [-0.39, 0.29) is 5.92 Å². The van der Waals surface area contributed by atoms with Gasteiger partial charge in [0.1, 0.15) is 6.33 Å². The minimum absolute atomic E-state index is 0.0562. The lowest BCUT2D eigenvalue weighted by molar-refractivity contribution is 0.120. The number of rotatable bonds is 6. The van der Waals surface area contributed by atoms with Crippen molar-refractivity contribution in [1.82, 2.24) is 19.9 Å². The lowest BCUT2D eigenvalue weighted by Gasteiger charge is -2.28. The number of aromatic nitrogens is 4. The largest absolute Gasteiger partial charge is 0.374 e. The van der Waals surface area contributed by atoms with E-state index in [2.05, 4.69) is 19.9 Å². The molecule has 0 aliphatic heterocycles. The van der Waals surface area contributed by atoms with Crippen molar-refractivity contribution in [2.45, 2.75) is 11.5 Å². The summed E-state index contributed by atoms with van der Waals surface area (Å²) in [6, 6.07) is 29.7. The first-order valence-electron chi connectivity index (χ1n) is 13.1. The first kappa shape index (κ1) is 30.6. The summed E-state index contributed by atoms with van der Waals surface area (Å²) in [6.07, 6.45) is 9.86. The molecule has 5 nitrogen and oxygen atoms in total. The minimum atomic E-state index is -1.43. The molecule has 0 atom stereocenters. The van der Waals surface area contributed by atoms with Gasteiger partial charge in [0.25, 0.3) is 0 Å². The van der Waals surface area contributed by atoms with Crippen molar-refractivity contribution < 1.29 is 5.11 Å². The van der Waals surface area contributed by atoms with E-state index in [1.807, 2.05) is 60.9 Å². The highest BCUT2D eigenvalue weighted by Crippen LogP contribution is 2.36. The van der Waals surface area contributed by atoms with Gasteiger partial charge in [0.15, 0.2) is 5.60 Å². The zero-order valence-electron chi connectivity index (χ0n) is 22.5. The average molecular weight is 646 g/mol. The fourth-order valence-corrected chi connectivity index (χ4v) is 5.18. The molecular formula is C34H24Cl4N4O. The van der Waals surface area contributed by atoms with Gasteiger partial charge in [0, 0.05) is 56.4 Å². The summed E-state index contributed by atoms with van der Waals surface area (Å²) in [6.45, 7) is 0. The number of hydrogen-bond donors (Lipinski definition) is 1. The van der Waals surface area contributed by atoms with Gasteiger partial charge in [-0.25, -0.2) is 9.97 Å². The van der Waals surface area contributed by atoms with Gasteiger partial charge < -0.3 is 5.11 Å². The maximum atomic E-state index is 11.4. The van der Waals surface area contributed by atoms with Crippen LogP contribution in [0, 0.1) is 0 Å². The molecule has 2 aromatic heterocycles. The Morgan fingerprint density at radius 2 is 0.907 bits per heavy atom. The average Bonchev–Trinajstić information content (AvgIpc) is 3.05. The third-order valence-corrected chi connectivity index (χ3v) is 7.79. The van der Waals surface area contributed by atoms with Gasteiger partial charge >= 0.3 is 0 Å². The lowest BCUT2D eigenvalue weighted by Crippen LogP contribution is -2.30. The lowest BCUT2D eigenvalue weighted by atomic mass is 9.84. The Morgan fingerprint density at radius 3 is 1.30 bits per heavy atom. The molecular weight excluding hydrogens is 622 g/mol. The van der Waals surface area contributed by atoms with Crippen LogP contribution in [0.5, 0.6) is 0 Å². The van der Waals surface area contributed by atoms with Crippen LogP contribution in [-0.2, 0) is 5.60 Å². The maximum Gasteiger partial charge on any atom is 0.158 e. The van der Waals surface area contributed by atoms with E-state index in [1.54, 1.807) is 67.1 Å². The van der Waals surface area contributed by atoms with Crippen molar-refractivity contribution >= 4 is 46.4 Å². The molecule has 0 amide bonds. The van der Waals surface area contributed by atoms with Gasteiger partial charge in [0.05, 0.1) is 11.9 Å². The van der Waals surface area contributed by atoms with Crippen molar-refractivity contribution in [1.29, 1.82) is 0 Å². The fourth-order valence-electron chi connectivity index (χ4n) is 4.68. The molecule has 4 aromatic carbocycles. The molecule has 0 bridgehead atoms. The van der Waals surface area contributed by atoms with E-state index >= 15 is 0 Å². The minimum Gasteiger partial charge on any atom is -0.374 e.